The molecule has 0 unspecified atom stereocenters. The fraction of sp³-hybridized carbons (Fsp3) is 0. The van der Waals surface area contributed by atoms with Crippen molar-refractivity contribution in [2.45, 2.75) is 0 Å². The molecular formula is C55H31N3S. The molecule has 272 valence electrons. The molecule has 0 saturated carbocycles. The Morgan fingerprint density at radius 1 is 0.271 bits per heavy atom. The molecule has 0 atom stereocenters. The van der Waals surface area contributed by atoms with Crippen molar-refractivity contribution in [2.24, 2.45) is 0 Å². The largest absolute Gasteiger partial charge is 0.208 e. The maximum Gasteiger partial charge on any atom is 0.164 e. The molecule has 0 bridgehead atoms. The number of rotatable bonds is 4. The van der Waals surface area contributed by atoms with E-state index in [-0.39, 0.29) is 0 Å². The summed E-state index contributed by atoms with van der Waals surface area (Å²) >= 11 is 1.84. The van der Waals surface area contributed by atoms with E-state index >= 15 is 0 Å². The minimum absolute atomic E-state index is 0.641. The molecule has 0 N–H and O–H groups in total. The number of hydrogen-bond donors (Lipinski definition) is 0. The summed E-state index contributed by atoms with van der Waals surface area (Å²) in [6.07, 6.45) is 0. The summed E-state index contributed by atoms with van der Waals surface area (Å²) < 4.78 is 2.55. The van der Waals surface area contributed by atoms with Crippen LogP contribution >= 0.6 is 11.3 Å². The standard InChI is InChI=1S/C55H31N3S/c1-2-12-35(13-3-1)53-56-54(58-55(57-53)43-18-5-4-17-38(43)39-23-11-25-47-52(39)44-19-6-7-24-46(44)59-47)37-30-36-29-28-34-15-9-21-41-40-20-8-14-32-26-27-33-16-10-22-42(50(33)48(32)40)45(31-37)51(36)49(34)41/h1-31H. The second-order valence-electron chi connectivity index (χ2n) is 15.5. The molecule has 0 spiro atoms. The minimum atomic E-state index is 0.641. The Balaban J connectivity index is 1.13. The highest BCUT2D eigenvalue weighted by Crippen LogP contribution is 2.46. The van der Waals surface area contributed by atoms with Crippen molar-refractivity contribution in [1.29, 1.82) is 0 Å². The van der Waals surface area contributed by atoms with Crippen molar-refractivity contribution >= 4 is 96.1 Å². The Morgan fingerprint density at radius 3 is 1.47 bits per heavy atom. The van der Waals surface area contributed by atoms with Crippen LogP contribution in [0, 0.1) is 0 Å². The molecule has 2 aromatic heterocycles. The molecule has 0 aliphatic rings. The zero-order chi connectivity index (χ0) is 38.6. The van der Waals surface area contributed by atoms with Crippen molar-refractivity contribution in [3.63, 3.8) is 0 Å². The van der Waals surface area contributed by atoms with Crippen LogP contribution in [-0.2, 0) is 0 Å². The maximum atomic E-state index is 5.42. The lowest BCUT2D eigenvalue weighted by Gasteiger charge is -2.17. The topological polar surface area (TPSA) is 38.7 Å². The zero-order valence-electron chi connectivity index (χ0n) is 31.6. The lowest BCUT2D eigenvalue weighted by molar-refractivity contribution is 1.08. The Labute approximate surface area is 342 Å². The first-order valence-electron chi connectivity index (χ1n) is 20.0. The molecule has 11 aromatic carbocycles. The van der Waals surface area contributed by atoms with Crippen molar-refractivity contribution in [3.8, 4) is 45.3 Å². The van der Waals surface area contributed by atoms with Crippen LogP contribution in [0.5, 0.6) is 0 Å². The first kappa shape index (κ1) is 32.5. The van der Waals surface area contributed by atoms with E-state index in [1.54, 1.807) is 0 Å². The number of nitrogens with zero attached hydrogens (tertiary/aromatic N) is 3. The molecular weight excluding hydrogens is 735 g/mol. The Kier molecular flexibility index (Phi) is 6.89. The number of benzene rings is 10. The van der Waals surface area contributed by atoms with E-state index in [0.717, 1.165) is 27.6 Å². The van der Waals surface area contributed by atoms with Gasteiger partial charge in [-0.25, -0.2) is 15.0 Å². The highest BCUT2D eigenvalue weighted by atomic mass is 32.1. The van der Waals surface area contributed by atoms with Crippen molar-refractivity contribution in [3.05, 3.63) is 188 Å². The number of hydrogen-bond acceptors (Lipinski definition) is 4. The van der Waals surface area contributed by atoms with E-state index in [1.165, 1.54) is 85.0 Å². The van der Waals surface area contributed by atoms with Crippen LogP contribution in [0.3, 0.4) is 0 Å². The molecule has 3 nitrogen and oxygen atoms in total. The average Bonchev–Trinajstić information content (AvgIpc) is 3.69. The van der Waals surface area contributed by atoms with Gasteiger partial charge in [0.25, 0.3) is 0 Å². The van der Waals surface area contributed by atoms with Gasteiger partial charge in [-0.2, -0.15) is 0 Å². The fourth-order valence-corrected chi connectivity index (χ4v) is 10.8. The smallest absolute Gasteiger partial charge is 0.164 e. The van der Waals surface area contributed by atoms with Gasteiger partial charge in [-0.1, -0.05) is 164 Å². The summed E-state index contributed by atoms with van der Waals surface area (Å²) in [5, 5.41) is 17.4. The van der Waals surface area contributed by atoms with Gasteiger partial charge in [-0.3, -0.25) is 0 Å². The first-order valence-corrected chi connectivity index (χ1v) is 20.8. The average molecular weight is 766 g/mol. The molecule has 59 heavy (non-hydrogen) atoms. The third-order valence-corrected chi connectivity index (χ3v) is 13.3. The van der Waals surface area contributed by atoms with Crippen LogP contribution in [0.2, 0.25) is 0 Å². The first-order chi connectivity index (χ1) is 29.2. The van der Waals surface area contributed by atoms with Gasteiger partial charge in [0, 0.05) is 36.9 Å². The molecule has 13 aromatic rings. The monoisotopic (exact) mass is 765 g/mol. The quantitative estimate of drug-likeness (QED) is 0.168. The fourth-order valence-electron chi connectivity index (χ4n) is 9.67. The lowest BCUT2D eigenvalue weighted by atomic mass is 9.87. The maximum absolute atomic E-state index is 5.42. The predicted octanol–water partition coefficient (Wildman–Crippen LogP) is 15.3. The summed E-state index contributed by atoms with van der Waals surface area (Å²) in [5.74, 6) is 1.93. The molecule has 0 amide bonds. The van der Waals surface area contributed by atoms with Gasteiger partial charge in [-0.15, -0.1) is 11.3 Å². The molecule has 0 aliphatic carbocycles. The molecule has 4 heteroatoms. The third kappa shape index (κ3) is 4.84. The highest BCUT2D eigenvalue weighted by molar-refractivity contribution is 7.25. The van der Waals surface area contributed by atoms with Crippen LogP contribution in [-0.4, -0.2) is 15.0 Å². The Hall–Kier alpha value is -7.53. The van der Waals surface area contributed by atoms with Crippen LogP contribution < -0.4 is 0 Å². The molecule has 0 aliphatic heterocycles. The summed E-state index contributed by atoms with van der Waals surface area (Å²) in [4.78, 5) is 16.0. The van der Waals surface area contributed by atoms with Gasteiger partial charge in [0.05, 0.1) is 0 Å². The number of thiophene rings is 1. The Bertz CT molecular complexity index is 3840. The second kappa shape index (κ2) is 12.5. The van der Waals surface area contributed by atoms with Gasteiger partial charge in [0.1, 0.15) is 0 Å². The highest BCUT2D eigenvalue weighted by Gasteiger charge is 2.21. The van der Waals surface area contributed by atoms with Crippen molar-refractivity contribution in [2.75, 3.05) is 0 Å². The summed E-state index contributed by atoms with van der Waals surface area (Å²) in [7, 11) is 0. The molecule has 0 fully saturated rings. The van der Waals surface area contributed by atoms with Crippen LogP contribution in [0.25, 0.3) is 130 Å². The lowest BCUT2D eigenvalue weighted by Crippen LogP contribution is -2.01. The van der Waals surface area contributed by atoms with Crippen LogP contribution in [0.1, 0.15) is 0 Å². The van der Waals surface area contributed by atoms with Crippen LogP contribution in [0.4, 0.5) is 0 Å². The summed E-state index contributed by atoms with van der Waals surface area (Å²) in [6, 6.07) is 68.0. The van der Waals surface area contributed by atoms with Gasteiger partial charge in [-0.05, 0) is 100 Å². The molecule has 0 radical (unpaired) electrons. The number of fused-ring (bicyclic) bond motifs is 5. The predicted molar refractivity (Wildman–Crippen MR) is 251 cm³/mol. The van der Waals surface area contributed by atoms with Gasteiger partial charge < -0.3 is 0 Å². The van der Waals surface area contributed by atoms with E-state index in [1.807, 2.05) is 29.5 Å². The van der Waals surface area contributed by atoms with Gasteiger partial charge >= 0.3 is 0 Å². The molecule has 2 heterocycles. The van der Waals surface area contributed by atoms with E-state index in [4.69, 9.17) is 15.0 Å². The summed E-state index contributed by atoms with van der Waals surface area (Å²) in [5.41, 5.74) is 5.13. The van der Waals surface area contributed by atoms with Gasteiger partial charge in [0.15, 0.2) is 17.5 Å². The normalized spacial score (nSPS) is 12.1. The van der Waals surface area contributed by atoms with E-state index in [0.29, 0.717) is 17.5 Å². The Morgan fingerprint density at radius 2 is 0.763 bits per heavy atom. The minimum Gasteiger partial charge on any atom is -0.208 e. The summed E-state index contributed by atoms with van der Waals surface area (Å²) in [6.45, 7) is 0. The zero-order valence-corrected chi connectivity index (χ0v) is 32.5. The molecule has 13 rings (SSSR count). The second-order valence-corrected chi connectivity index (χ2v) is 16.5. The van der Waals surface area contributed by atoms with Gasteiger partial charge in [0.2, 0.25) is 0 Å². The van der Waals surface area contributed by atoms with E-state index in [9.17, 15) is 0 Å². The number of aromatic nitrogens is 3. The van der Waals surface area contributed by atoms with Crippen molar-refractivity contribution in [1.82, 2.24) is 15.0 Å². The molecule has 0 saturated heterocycles. The van der Waals surface area contributed by atoms with E-state index < -0.39 is 0 Å². The van der Waals surface area contributed by atoms with Crippen LogP contribution in [0.15, 0.2) is 188 Å². The van der Waals surface area contributed by atoms with E-state index in [2.05, 4.69) is 170 Å². The van der Waals surface area contributed by atoms with Crippen molar-refractivity contribution < 1.29 is 0 Å². The SMILES string of the molecule is c1ccc(-c2nc(-c3cc4ccc5cccc6c7cccc8ccc9cccc(c(c3)c4c56)c9c87)nc(-c3ccccc3-c3cccc4sc5ccccc5c34)n2)cc1. The third-order valence-electron chi connectivity index (χ3n) is 12.2.